The fourth-order valence-corrected chi connectivity index (χ4v) is 3.04. The molecule has 5 nitrogen and oxygen atoms in total. The van der Waals surface area contributed by atoms with Gasteiger partial charge in [-0.2, -0.15) is 0 Å². The summed E-state index contributed by atoms with van der Waals surface area (Å²) in [6, 6.07) is 6.48. The maximum absolute atomic E-state index is 12.6. The predicted octanol–water partition coefficient (Wildman–Crippen LogP) is 2.09. The van der Waals surface area contributed by atoms with Gasteiger partial charge in [-0.25, -0.2) is 4.90 Å². The standard InChI is InChI=1S/C15H15BrN2O3/c1-9(19)17(11-6-7-11)13-8-14(20)18(15(13)21)12-4-2-10(16)3-5-12/h2-5,11,13H,6-8H2,1H3. The van der Waals surface area contributed by atoms with E-state index in [2.05, 4.69) is 15.9 Å². The minimum atomic E-state index is -0.647. The fraction of sp³-hybridized carbons (Fsp3) is 0.400. The van der Waals surface area contributed by atoms with E-state index in [1.165, 1.54) is 11.8 Å². The third kappa shape index (κ3) is 2.60. The first kappa shape index (κ1) is 14.3. The van der Waals surface area contributed by atoms with Gasteiger partial charge in [0.2, 0.25) is 11.8 Å². The summed E-state index contributed by atoms with van der Waals surface area (Å²) in [7, 11) is 0. The van der Waals surface area contributed by atoms with Gasteiger partial charge in [-0.3, -0.25) is 14.4 Å². The molecule has 2 aliphatic rings. The van der Waals surface area contributed by atoms with E-state index in [9.17, 15) is 14.4 Å². The number of hydrogen-bond donors (Lipinski definition) is 0. The Morgan fingerprint density at radius 2 is 1.86 bits per heavy atom. The summed E-state index contributed by atoms with van der Waals surface area (Å²) in [5.74, 6) is -0.690. The third-order valence-corrected chi connectivity index (χ3v) is 4.38. The lowest BCUT2D eigenvalue weighted by Crippen LogP contribution is -2.45. The summed E-state index contributed by atoms with van der Waals surface area (Å²) >= 11 is 3.32. The normalized spacial score (nSPS) is 21.8. The van der Waals surface area contributed by atoms with E-state index in [1.807, 2.05) is 0 Å². The average Bonchev–Trinajstić information content (AvgIpc) is 3.20. The number of carbonyl (C=O) groups is 3. The number of nitrogens with zero attached hydrogens (tertiary/aromatic N) is 2. The number of rotatable bonds is 3. The van der Waals surface area contributed by atoms with Crippen molar-refractivity contribution in [2.24, 2.45) is 0 Å². The van der Waals surface area contributed by atoms with Gasteiger partial charge in [-0.1, -0.05) is 15.9 Å². The molecule has 1 saturated carbocycles. The Morgan fingerprint density at radius 3 is 2.38 bits per heavy atom. The van der Waals surface area contributed by atoms with Crippen molar-refractivity contribution < 1.29 is 14.4 Å². The summed E-state index contributed by atoms with van der Waals surface area (Å²) in [6.07, 6.45) is 1.90. The second-order valence-corrected chi connectivity index (χ2v) is 6.34. The lowest BCUT2D eigenvalue weighted by molar-refractivity contribution is -0.137. The van der Waals surface area contributed by atoms with E-state index >= 15 is 0 Å². The van der Waals surface area contributed by atoms with Gasteiger partial charge in [-0.15, -0.1) is 0 Å². The first-order valence-electron chi connectivity index (χ1n) is 6.90. The molecule has 0 N–H and O–H groups in total. The van der Waals surface area contributed by atoms with Crippen LogP contribution >= 0.6 is 15.9 Å². The van der Waals surface area contributed by atoms with Crippen molar-refractivity contribution in [1.82, 2.24) is 4.90 Å². The number of anilines is 1. The molecule has 1 unspecified atom stereocenters. The van der Waals surface area contributed by atoms with Crippen LogP contribution in [0.1, 0.15) is 26.2 Å². The van der Waals surface area contributed by atoms with Crippen molar-refractivity contribution in [3.63, 3.8) is 0 Å². The van der Waals surface area contributed by atoms with Crippen LogP contribution in [0.15, 0.2) is 28.7 Å². The highest BCUT2D eigenvalue weighted by molar-refractivity contribution is 9.10. The van der Waals surface area contributed by atoms with Crippen molar-refractivity contribution in [2.75, 3.05) is 4.90 Å². The van der Waals surface area contributed by atoms with E-state index in [0.29, 0.717) is 5.69 Å². The van der Waals surface area contributed by atoms with E-state index in [1.54, 1.807) is 29.2 Å². The Bertz CT molecular complexity index is 610. The number of hydrogen-bond acceptors (Lipinski definition) is 3. The highest BCUT2D eigenvalue weighted by Crippen LogP contribution is 2.34. The molecular formula is C15H15BrN2O3. The SMILES string of the molecule is CC(=O)N(C1CC1)C1CC(=O)N(c2ccc(Br)cc2)C1=O. The number of imide groups is 1. The topological polar surface area (TPSA) is 57.7 Å². The third-order valence-electron chi connectivity index (χ3n) is 3.85. The van der Waals surface area contributed by atoms with Crippen molar-refractivity contribution >= 4 is 39.3 Å². The minimum absolute atomic E-state index is 0.0744. The first-order chi connectivity index (χ1) is 9.99. The van der Waals surface area contributed by atoms with Crippen LogP contribution in [0.4, 0.5) is 5.69 Å². The molecule has 3 rings (SSSR count). The molecule has 1 saturated heterocycles. The van der Waals surface area contributed by atoms with Crippen LogP contribution in [0, 0.1) is 0 Å². The van der Waals surface area contributed by atoms with Crippen LogP contribution in [0.3, 0.4) is 0 Å². The van der Waals surface area contributed by atoms with Gasteiger partial charge in [0.05, 0.1) is 12.1 Å². The average molecular weight is 351 g/mol. The molecule has 1 aromatic carbocycles. The van der Waals surface area contributed by atoms with Gasteiger partial charge in [0.25, 0.3) is 5.91 Å². The summed E-state index contributed by atoms with van der Waals surface area (Å²) in [5, 5.41) is 0. The molecule has 1 atom stereocenters. The van der Waals surface area contributed by atoms with Gasteiger partial charge in [0, 0.05) is 17.4 Å². The Balaban J connectivity index is 1.88. The monoisotopic (exact) mass is 350 g/mol. The lowest BCUT2D eigenvalue weighted by atomic mass is 10.2. The molecular weight excluding hydrogens is 336 g/mol. The molecule has 1 aliphatic heterocycles. The van der Waals surface area contributed by atoms with Gasteiger partial charge in [-0.05, 0) is 37.1 Å². The number of halogens is 1. The maximum Gasteiger partial charge on any atom is 0.257 e. The maximum atomic E-state index is 12.6. The second kappa shape index (κ2) is 5.26. The number of amides is 3. The largest absolute Gasteiger partial charge is 0.327 e. The molecule has 0 spiro atoms. The first-order valence-corrected chi connectivity index (χ1v) is 7.69. The Kier molecular flexibility index (Phi) is 3.57. The van der Waals surface area contributed by atoms with E-state index in [0.717, 1.165) is 17.3 Å². The minimum Gasteiger partial charge on any atom is -0.327 e. The zero-order valence-corrected chi connectivity index (χ0v) is 13.2. The van der Waals surface area contributed by atoms with Gasteiger partial charge >= 0.3 is 0 Å². The summed E-state index contributed by atoms with van der Waals surface area (Å²) in [4.78, 5) is 39.3. The quantitative estimate of drug-likeness (QED) is 0.784. The Morgan fingerprint density at radius 1 is 1.24 bits per heavy atom. The second-order valence-electron chi connectivity index (χ2n) is 5.42. The van der Waals surface area contributed by atoms with Crippen LogP contribution in [0.25, 0.3) is 0 Å². The Labute approximate surface area is 131 Å². The van der Waals surface area contributed by atoms with Crippen LogP contribution in [-0.2, 0) is 14.4 Å². The lowest BCUT2D eigenvalue weighted by Gasteiger charge is -2.26. The summed E-state index contributed by atoms with van der Waals surface area (Å²) in [5.41, 5.74) is 0.551. The molecule has 0 bridgehead atoms. The molecule has 1 heterocycles. The molecule has 110 valence electrons. The van der Waals surface area contributed by atoms with Crippen LogP contribution < -0.4 is 4.90 Å². The predicted molar refractivity (Wildman–Crippen MR) is 80.6 cm³/mol. The van der Waals surface area contributed by atoms with Crippen molar-refractivity contribution in [2.45, 2.75) is 38.3 Å². The number of benzene rings is 1. The number of carbonyl (C=O) groups excluding carboxylic acids is 3. The highest BCUT2D eigenvalue weighted by atomic mass is 79.9. The zero-order valence-electron chi connectivity index (χ0n) is 11.6. The van der Waals surface area contributed by atoms with Crippen molar-refractivity contribution in [3.8, 4) is 0 Å². The molecule has 21 heavy (non-hydrogen) atoms. The van der Waals surface area contributed by atoms with Gasteiger partial charge in [0.15, 0.2) is 0 Å². The smallest absolute Gasteiger partial charge is 0.257 e. The molecule has 1 aromatic rings. The Hall–Kier alpha value is -1.69. The molecule has 0 aromatic heterocycles. The molecule has 2 fully saturated rings. The molecule has 3 amide bonds. The summed E-state index contributed by atoms with van der Waals surface area (Å²) in [6.45, 7) is 1.46. The zero-order chi connectivity index (χ0) is 15.1. The van der Waals surface area contributed by atoms with Crippen LogP contribution in [0.2, 0.25) is 0 Å². The highest BCUT2D eigenvalue weighted by Gasteiger charge is 2.47. The molecule has 6 heteroatoms. The van der Waals surface area contributed by atoms with Crippen LogP contribution in [-0.4, -0.2) is 34.7 Å². The van der Waals surface area contributed by atoms with Gasteiger partial charge < -0.3 is 4.90 Å². The summed E-state index contributed by atoms with van der Waals surface area (Å²) < 4.78 is 0.880. The van der Waals surface area contributed by atoms with Crippen LogP contribution in [0.5, 0.6) is 0 Å². The van der Waals surface area contributed by atoms with Gasteiger partial charge in [0.1, 0.15) is 6.04 Å². The van der Waals surface area contributed by atoms with E-state index in [4.69, 9.17) is 0 Å². The van der Waals surface area contributed by atoms with Crippen molar-refractivity contribution in [1.29, 1.82) is 0 Å². The fourth-order valence-electron chi connectivity index (χ4n) is 2.78. The van der Waals surface area contributed by atoms with E-state index < -0.39 is 6.04 Å². The van der Waals surface area contributed by atoms with Crippen molar-refractivity contribution in [3.05, 3.63) is 28.7 Å². The molecule has 1 aliphatic carbocycles. The molecule has 0 radical (unpaired) electrons. The van der Waals surface area contributed by atoms with E-state index in [-0.39, 0.29) is 30.2 Å².